The molecule has 0 bridgehead atoms. The largest absolute Gasteiger partial charge is 0.478 e. The second-order valence-electron chi connectivity index (χ2n) is 3.91. The predicted molar refractivity (Wildman–Crippen MR) is 83.8 cm³/mol. The van der Waals surface area contributed by atoms with Crippen LogP contribution in [0.2, 0.25) is 0 Å². The molecule has 1 heterocycles. The number of nitrogens with zero attached hydrogens (tertiary/aromatic N) is 1. The monoisotopic (exact) mass is 434 g/mol. The van der Waals surface area contributed by atoms with E-state index in [9.17, 15) is 13.2 Å². The van der Waals surface area contributed by atoms with Crippen LogP contribution < -0.4 is 4.72 Å². The number of carboxylic acid groups (broad SMARTS) is 1. The SMILES string of the molecule is O=C(O)c1ccncc1NS(=O)(=O)c1cc(Br)ccc1Br. The lowest BCUT2D eigenvalue weighted by Crippen LogP contribution is -2.16. The maximum absolute atomic E-state index is 12.4. The summed E-state index contributed by atoms with van der Waals surface area (Å²) in [7, 11) is -3.95. The van der Waals surface area contributed by atoms with Crippen LogP contribution in [-0.2, 0) is 10.0 Å². The second-order valence-corrected chi connectivity index (χ2v) is 7.33. The minimum Gasteiger partial charge on any atom is -0.478 e. The fourth-order valence-electron chi connectivity index (χ4n) is 1.55. The van der Waals surface area contributed by atoms with Gasteiger partial charge in [-0.3, -0.25) is 9.71 Å². The number of aromatic carboxylic acids is 1. The molecular formula is C12H8Br2N2O4S. The van der Waals surface area contributed by atoms with Gasteiger partial charge in [-0.15, -0.1) is 0 Å². The zero-order chi connectivity index (χ0) is 15.6. The molecule has 0 unspecified atom stereocenters. The van der Waals surface area contributed by atoms with Gasteiger partial charge in [0.1, 0.15) is 4.90 Å². The number of sulfonamides is 1. The third-order valence-electron chi connectivity index (χ3n) is 2.48. The number of carbonyl (C=O) groups is 1. The van der Waals surface area contributed by atoms with E-state index in [0.29, 0.717) is 8.95 Å². The van der Waals surface area contributed by atoms with E-state index in [1.165, 1.54) is 18.3 Å². The van der Waals surface area contributed by atoms with Crippen molar-refractivity contribution in [2.45, 2.75) is 4.90 Å². The third kappa shape index (κ3) is 3.60. The van der Waals surface area contributed by atoms with Gasteiger partial charge in [-0.2, -0.15) is 0 Å². The highest BCUT2D eigenvalue weighted by molar-refractivity contribution is 9.11. The molecule has 0 amide bonds. The van der Waals surface area contributed by atoms with E-state index in [1.54, 1.807) is 12.1 Å². The second kappa shape index (κ2) is 6.12. The van der Waals surface area contributed by atoms with Crippen LogP contribution in [0.5, 0.6) is 0 Å². The van der Waals surface area contributed by atoms with Crippen molar-refractivity contribution in [3.8, 4) is 0 Å². The van der Waals surface area contributed by atoms with Gasteiger partial charge in [0.2, 0.25) is 0 Å². The van der Waals surface area contributed by atoms with E-state index >= 15 is 0 Å². The van der Waals surface area contributed by atoms with Crippen LogP contribution in [0.25, 0.3) is 0 Å². The van der Waals surface area contributed by atoms with Crippen molar-refractivity contribution >= 4 is 53.5 Å². The van der Waals surface area contributed by atoms with Crippen molar-refractivity contribution < 1.29 is 18.3 Å². The van der Waals surface area contributed by atoms with Crippen molar-refractivity contribution in [1.29, 1.82) is 0 Å². The van der Waals surface area contributed by atoms with Crippen LogP contribution >= 0.6 is 31.9 Å². The predicted octanol–water partition coefficient (Wildman–Crippen LogP) is 3.11. The summed E-state index contributed by atoms with van der Waals surface area (Å²) in [6.45, 7) is 0. The van der Waals surface area contributed by atoms with E-state index < -0.39 is 16.0 Å². The molecule has 9 heteroatoms. The van der Waals surface area contributed by atoms with Gasteiger partial charge in [0.05, 0.1) is 17.4 Å². The molecule has 1 aromatic heterocycles. The molecule has 0 radical (unpaired) electrons. The van der Waals surface area contributed by atoms with Crippen LogP contribution in [-0.4, -0.2) is 24.5 Å². The maximum Gasteiger partial charge on any atom is 0.337 e. The third-order valence-corrected chi connectivity index (χ3v) is 5.33. The van der Waals surface area contributed by atoms with Crippen molar-refractivity contribution in [3.05, 3.63) is 51.2 Å². The number of anilines is 1. The first-order chi connectivity index (χ1) is 9.81. The lowest BCUT2D eigenvalue weighted by atomic mass is 10.2. The Morgan fingerprint density at radius 2 is 1.95 bits per heavy atom. The summed E-state index contributed by atoms with van der Waals surface area (Å²) in [6.07, 6.45) is 2.42. The van der Waals surface area contributed by atoms with Crippen molar-refractivity contribution in [2.24, 2.45) is 0 Å². The number of nitrogens with one attached hydrogen (secondary N) is 1. The topological polar surface area (TPSA) is 96.4 Å². The van der Waals surface area contributed by atoms with Crippen LogP contribution in [0.15, 0.2) is 50.5 Å². The number of benzene rings is 1. The smallest absolute Gasteiger partial charge is 0.337 e. The Balaban J connectivity index is 2.48. The first-order valence-electron chi connectivity index (χ1n) is 5.46. The number of hydrogen-bond donors (Lipinski definition) is 2. The minimum absolute atomic E-state index is 0.0166. The zero-order valence-electron chi connectivity index (χ0n) is 10.2. The Hall–Kier alpha value is -1.45. The molecular weight excluding hydrogens is 428 g/mol. The van der Waals surface area contributed by atoms with Gasteiger partial charge >= 0.3 is 5.97 Å². The number of hydrogen-bond acceptors (Lipinski definition) is 4. The summed E-state index contributed by atoms with van der Waals surface area (Å²) in [6, 6.07) is 5.87. The fraction of sp³-hybridized carbons (Fsp3) is 0. The summed E-state index contributed by atoms with van der Waals surface area (Å²) in [5, 5.41) is 9.05. The highest BCUT2D eigenvalue weighted by atomic mass is 79.9. The number of aromatic nitrogens is 1. The summed E-state index contributed by atoms with van der Waals surface area (Å²) >= 11 is 6.35. The van der Waals surface area contributed by atoms with E-state index in [-0.39, 0.29) is 16.1 Å². The number of carboxylic acids is 1. The van der Waals surface area contributed by atoms with Gasteiger partial charge in [0, 0.05) is 15.1 Å². The molecule has 0 aliphatic rings. The molecule has 0 saturated heterocycles. The molecule has 2 rings (SSSR count). The molecule has 2 N–H and O–H groups in total. The van der Waals surface area contributed by atoms with E-state index in [0.717, 1.165) is 6.20 Å². The average molecular weight is 436 g/mol. The summed E-state index contributed by atoms with van der Waals surface area (Å²) in [5.41, 5.74) is -0.281. The first-order valence-corrected chi connectivity index (χ1v) is 8.53. The molecule has 0 spiro atoms. The molecule has 0 fully saturated rings. The lowest BCUT2D eigenvalue weighted by Gasteiger charge is -2.11. The molecule has 0 aliphatic heterocycles. The van der Waals surface area contributed by atoms with Gasteiger partial charge in [0.25, 0.3) is 10.0 Å². The van der Waals surface area contributed by atoms with Crippen LogP contribution in [0, 0.1) is 0 Å². The molecule has 110 valence electrons. The quantitative estimate of drug-likeness (QED) is 0.768. The van der Waals surface area contributed by atoms with E-state index in [1.807, 2.05) is 0 Å². The van der Waals surface area contributed by atoms with Gasteiger partial charge in [0.15, 0.2) is 0 Å². The average Bonchev–Trinajstić information content (AvgIpc) is 2.41. The molecule has 0 atom stereocenters. The van der Waals surface area contributed by atoms with Gasteiger partial charge in [-0.25, -0.2) is 13.2 Å². The summed E-state index contributed by atoms with van der Waals surface area (Å²) in [4.78, 5) is 14.8. The molecule has 0 saturated carbocycles. The van der Waals surface area contributed by atoms with E-state index in [2.05, 4.69) is 41.6 Å². The highest BCUT2D eigenvalue weighted by Crippen LogP contribution is 2.28. The van der Waals surface area contributed by atoms with Crippen LogP contribution in [0.3, 0.4) is 0 Å². The fourth-order valence-corrected chi connectivity index (χ4v) is 4.11. The summed E-state index contributed by atoms with van der Waals surface area (Å²) in [5.74, 6) is -1.25. The maximum atomic E-state index is 12.4. The number of pyridine rings is 1. The molecule has 0 aliphatic carbocycles. The number of halogens is 2. The Kier molecular flexibility index (Phi) is 4.64. The Bertz CT molecular complexity index is 809. The van der Waals surface area contributed by atoms with Crippen molar-refractivity contribution in [3.63, 3.8) is 0 Å². The molecule has 2 aromatic rings. The van der Waals surface area contributed by atoms with Crippen molar-refractivity contribution in [1.82, 2.24) is 4.98 Å². The lowest BCUT2D eigenvalue weighted by molar-refractivity contribution is 0.0698. The zero-order valence-corrected chi connectivity index (χ0v) is 14.2. The minimum atomic E-state index is -3.95. The number of rotatable bonds is 4. The highest BCUT2D eigenvalue weighted by Gasteiger charge is 2.21. The Morgan fingerprint density at radius 3 is 2.62 bits per heavy atom. The normalized spacial score (nSPS) is 11.1. The molecule has 21 heavy (non-hydrogen) atoms. The molecule has 6 nitrogen and oxygen atoms in total. The van der Waals surface area contributed by atoms with Gasteiger partial charge < -0.3 is 5.11 Å². The summed E-state index contributed by atoms with van der Waals surface area (Å²) < 4.78 is 27.9. The Morgan fingerprint density at radius 1 is 1.24 bits per heavy atom. The van der Waals surface area contributed by atoms with Gasteiger partial charge in [-0.05, 0) is 40.2 Å². The van der Waals surface area contributed by atoms with Gasteiger partial charge in [-0.1, -0.05) is 15.9 Å². The standard InChI is InChI=1S/C12H8Br2N2O4S/c13-7-1-2-9(14)11(5-7)21(19,20)16-10-6-15-4-3-8(10)12(17)18/h1-6,16H,(H,17,18). The first kappa shape index (κ1) is 15.9. The molecule has 1 aromatic carbocycles. The van der Waals surface area contributed by atoms with Crippen LogP contribution in [0.1, 0.15) is 10.4 Å². The van der Waals surface area contributed by atoms with E-state index in [4.69, 9.17) is 5.11 Å². The Labute approximate surface area is 137 Å². The van der Waals surface area contributed by atoms with Crippen LogP contribution in [0.4, 0.5) is 5.69 Å². The van der Waals surface area contributed by atoms with Crippen molar-refractivity contribution in [2.75, 3.05) is 4.72 Å².